The van der Waals surface area contributed by atoms with Crippen LogP contribution in [0.15, 0.2) is 54.1 Å². The van der Waals surface area contributed by atoms with E-state index in [0.29, 0.717) is 28.0 Å². The van der Waals surface area contributed by atoms with Crippen LogP contribution in [-0.4, -0.2) is 20.1 Å². The minimum Gasteiger partial charge on any atom is -0.290 e. The normalized spacial score (nSPS) is 11.4. The Hall–Kier alpha value is -3.43. The number of hydrogen-bond acceptors (Lipinski definition) is 5. The molecule has 0 fully saturated rings. The van der Waals surface area contributed by atoms with Crippen LogP contribution < -0.4 is 0 Å². The zero-order valence-electron chi connectivity index (χ0n) is 14.9. The van der Waals surface area contributed by atoms with Gasteiger partial charge in [-0.3, -0.25) is 19.3 Å². The van der Waals surface area contributed by atoms with Gasteiger partial charge in [0.05, 0.1) is 16.3 Å². The summed E-state index contributed by atoms with van der Waals surface area (Å²) < 4.78 is 28.5. The van der Waals surface area contributed by atoms with Crippen LogP contribution in [0.2, 0.25) is 5.02 Å². The van der Waals surface area contributed by atoms with Crippen LogP contribution >= 0.6 is 22.9 Å². The first kappa shape index (κ1) is 19.9. The number of fused-ring (bicyclic) bond motifs is 1. The lowest BCUT2D eigenvalue weighted by Gasteiger charge is -2.02. The number of benzene rings is 2. The Morgan fingerprint density at radius 1 is 1.20 bits per heavy atom. The predicted octanol–water partition coefficient (Wildman–Crippen LogP) is 5.80. The van der Waals surface area contributed by atoms with Crippen molar-refractivity contribution in [2.75, 3.05) is 0 Å². The maximum atomic E-state index is 13.4. The Morgan fingerprint density at radius 3 is 2.63 bits per heavy atom. The molecular formula is C20H10ClF2N3O3S. The minimum absolute atomic E-state index is 0.00910. The van der Waals surface area contributed by atoms with Gasteiger partial charge in [-0.05, 0) is 30.4 Å². The molecule has 0 spiro atoms. The highest BCUT2D eigenvalue weighted by molar-refractivity contribution is 7.15. The molecule has 10 heteroatoms. The molecule has 4 rings (SSSR count). The molecule has 0 atom stereocenters. The average molecular weight is 446 g/mol. The SMILES string of the molecule is O=C(/C=C/c1c(-c2ccc(Cl)c([N+](=O)[O-])c2)nc2sccn12)c1cc(F)cc(F)c1. The third-order valence-electron chi connectivity index (χ3n) is 4.25. The Labute approximate surface area is 176 Å². The summed E-state index contributed by atoms with van der Waals surface area (Å²) in [6.07, 6.45) is 4.35. The topological polar surface area (TPSA) is 77.5 Å². The van der Waals surface area contributed by atoms with Crippen LogP contribution in [0.4, 0.5) is 14.5 Å². The highest BCUT2D eigenvalue weighted by atomic mass is 35.5. The first-order valence-electron chi connectivity index (χ1n) is 8.42. The van der Waals surface area contributed by atoms with Gasteiger partial charge in [-0.2, -0.15) is 0 Å². The van der Waals surface area contributed by atoms with E-state index in [-0.39, 0.29) is 16.3 Å². The number of aromatic nitrogens is 2. The van der Waals surface area contributed by atoms with E-state index < -0.39 is 22.3 Å². The quantitative estimate of drug-likeness (QED) is 0.168. The van der Waals surface area contributed by atoms with Crippen molar-refractivity contribution in [3.8, 4) is 11.3 Å². The third kappa shape index (κ3) is 3.72. The molecule has 6 nitrogen and oxygen atoms in total. The number of imidazole rings is 1. The van der Waals surface area contributed by atoms with E-state index in [0.717, 1.165) is 12.1 Å². The number of nitro groups is 1. The van der Waals surface area contributed by atoms with Gasteiger partial charge in [0.25, 0.3) is 5.69 Å². The lowest BCUT2D eigenvalue weighted by molar-refractivity contribution is -0.384. The van der Waals surface area contributed by atoms with E-state index >= 15 is 0 Å². The van der Waals surface area contributed by atoms with Crippen molar-refractivity contribution < 1.29 is 18.5 Å². The van der Waals surface area contributed by atoms with Crippen LogP contribution in [0.3, 0.4) is 0 Å². The molecular weight excluding hydrogens is 436 g/mol. The summed E-state index contributed by atoms with van der Waals surface area (Å²) in [6.45, 7) is 0. The Bertz CT molecular complexity index is 1330. The molecule has 0 aliphatic heterocycles. The van der Waals surface area contributed by atoms with Crippen LogP contribution in [-0.2, 0) is 0 Å². The minimum atomic E-state index is -0.856. The van der Waals surface area contributed by atoms with Gasteiger partial charge in [0.15, 0.2) is 10.7 Å². The van der Waals surface area contributed by atoms with E-state index in [1.54, 1.807) is 22.0 Å². The lowest BCUT2D eigenvalue weighted by atomic mass is 10.1. The maximum absolute atomic E-state index is 13.4. The molecule has 0 amide bonds. The van der Waals surface area contributed by atoms with Crippen LogP contribution in [0, 0.1) is 21.7 Å². The van der Waals surface area contributed by atoms with Crippen molar-refractivity contribution in [3.05, 3.63) is 92.1 Å². The fraction of sp³-hybridized carbons (Fsp3) is 0. The molecule has 4 aromatic rings. The number of hydrogen-bond donors (Lipinski definition) is 0. The molecule has 2 heterocycles. The second-order valence-electron chi connectivity index (χ2n) is 6.18. The second kappa shape index (κ2) is 7.77. The highest BCUT2D eigenvalue weighted by Gasteiger charge is 2.19. The summed E-state index contributed by atoms with van der Waals surface area (Å²) in [5.74, 6) is -2.32. The molecule has 0 radical (unpaired) electrons. The number of nitro benzene ring substituents is 1. The Morgan fingerprint density at radius 2 is 1.93 bits per heavy atom. The van der Waals surface area contributed by atoms with Crippen LogP contribution in [0.5, 0.6) is 0 Å². The summed E-state index contributed by atoms with van der Waals surface area (Å²) >= 11 is 7.23. The van der Waals surface area contributed by atoms with Gasteiger partial charge in [0, 0.05) is 34.8 Å². The summed E-state index contributed by atoms with van der Waals surface area (Å²) in [5, 5.41) is 13.0. The van der Waals surface area contributed by atoms with Crippen molar-refractivity contribution in [3.63, 3.8) is 0 Å². The molecule has 150 valence electrons. The molecule has 2 aromatic carbocycles. The number of allylic oxidation sites excluding steroid dienone is 1. The average Bonchev–Trinajstić information content (AvgIpc) is 3.27. The monoisotopic (exact) mass is 445 g/mol. The van der Waals surface area contributed by atoms with Gasteiger partial charge in [-0.25, -0.2) is 13.8 Å². The van der Waals surface area contributed by atoms with Crippen molar-refractivity contribution in [2.24, 2.45) is 0 Å². The number of rotatable bonds is 5. The molecule has 0 bridgehead atoms. The van der Waals surface area contributed by atoms with Gasteiger partial charge >= 0.3 is 0 Å². The molecule has 0 unspecified atom stereocenters. The summed E-state index contributed by atoms with van der Waals surface area (Å²) in [5.41, 5.74) is 0.903. The van der Waals surface area contributed by atoms with Crippen LogP contribution in [0.25, 0.3) is 22.3 Å². The van der Waals surface area contributed by atoms with E-state index in [4.69, 9.17) is 11.6 Å². The van der Waals surface area contributed by atoms with Crippen molar-refractivity contribution in [1.82, 2.24) is 9.38 Å². The summed E-state index contributed by atoms with van der Waals surface area (Å²) in [6, 6.07) is 6.85. The smallest absolute Gasteiger partial charge is 0.288 e. The molecule has 0 aliphatic rings. The van der Waals surface area contributed by atoms with Crippen LogP contribution in [0.1, 0.15) is 16.1 Å². The number of carbonyl (C=O) groups excluding carboxylic acids is 1. The largest absolute Gasteiger partial charge is 0.290 e. The predicted molar refractivity (Wildman–Crippen MR) is 110 cm³/mol. The van der Waals surface area contributed by atoms with Crippen molar-refractivity contribution in [2.45, 2.75) is 0 Å². The fourth-order valence-corrected chi connectivity index (χ4v) is 3.83. The van der Waals surface area contributed by atoms with E-state index in [1.165, 1.54) is 35.6 Å². The maximum Gasteiger partial charge on any atom is 0.288 e. The van der Waals surface area contributed by atoms with Gasteiger partial charge < -0.3 is 0 Å². The van der Waals surface area contributed by atoms with Gasteiger partial charge in [0.1, 0.15) is 16.7 Å². The van der Waals surface area contributed by atoms with Crippen molar-refractivity contribution in [1.29, 1.82) is 0 Å². The van der Waals surface area contributed by atoms with E-state index in [2.05, 4.69) is 4.98 Å². The van der Waals surface area contributed by atoms with Crippen molar-refractivity contribution >= 4 is 45.4 Å². The third-order valence-corrected chi connectivity index (χ3v) is 5.33. The van der Waals surface area contributed by atoms with Gasteiger partial charge in [0.2, 0.25) is 0 Å². The molecule has 0 N–H and O–H groups in total. The van der Waals surface area contributed by atoms with Gasteiger partial charge in [-0.1, -0.05) is 17.7 Å². The number of carbonyl (C=O) groups is 1. The number of ketones is 1. The molecule has 0 aliphatic carbocycles. The second-order valence-corrected chi connectivity index (χ2v) is 7.46. The standard InChI is InChI=1S/C20H10ClF2N3O3S/c21-15-2-1-11(9-17(15)26(28)29)19-16(25-5-6-30-20(25)24-19)3-4-18(27)12-7-13(22)10-14(23)8-12/h1-10H/b4-3+. The Kier molecular flexibility index (Phi) is 5.15. The highest BCUT2D eigenvalue weighted by Crippen LogP contribution is 2.33. The Balaban J connectivity index is 1.79. The molecule has 0 saturated carbocycles. The van der Waals surface area contributed by atoms with E-state index in [1.807, 2.05) is 0 Å². The van der Waals surface area contributed by atoms with Gasteiger partial charge in [-0.15, -0.1) is 11.3 Å². The molecule has 30 heavy (non-hydrogen) atoms. The number of nitrogens with zero attached hydrogens (tertiary/aromatic N) is 3. The summed E-state index contributed by atoms with van der Waals surface area (Å²) in [4.78, 5) is 28.1. The number of halogens is 3. The zero-order valence-corrected chi connectivity index (χ0v) is 16.5. The lowest BCUT2D eigenvalue weighted by Crippen LogP contribution is -1.97. The zero-order chi connectivity index (χ0) is 21.4. The van der Waals surface area contributed by atoms with E-state index in [9.17, 15) is 23.7 Å². The first-order valence-corrected chi connectivity index (χ1v) is 9.67. The number of thiazole rings is 1. The summed E-state index contributed by atoms with van der Waals surface area (Å²) in [7, 11) is 0. The first-order chi connectivity index (χ1) is 14.3. The fourth-order valence-electron chi connectivity index (χ4n) is 2.92. The molecule has 0 saturated heterocycles. The molecule has 2 aromatic heterocycles.